The second kappa shape index (κ2) is 8.45. The van der Waals surface area contributed by atoms with Gasteiger partial charge in [-0.15, -0.1) is 0 Å². The van der Waals surface area contributed by atoms with Crippen molar-refractivity contribution in [3.8, 4) is 0 Å². The molecule has 0 amide bonds. The predicted molar refractivity (Wildman–Crippen MR) is 116 cm³/mol. The van der Waals surface area contributed by atoms with Crippen LogP contribution in [0.4, 0.5) is 0 Å². The summed E-state index contributed by atoms with van der Waals surface area (Å²) in [5.41, 5.74) is 0.722. The fraction of sp³-hybridized carbons (Fsp3) is 0.571. The summed E-state index contributed by atoms with van der Waals surface area (Å²) >= 11 is 0. The second-order valence-electron chi connectivity index (χ2n) is 8.51. The van der Waals surface area contributed by atoms with Crippen LogP contribution >= 0.6 is 0 Å². The normalized spacial score (nSPS) is 18.9. The van der Waals surface area contributed by atoms with Gasteiger partial charge in [-0.1, -0.05) is 18.5 Å². The molecule has 10 nitrogen and oxygen atoms in total. The monoisotopic (exact) mass is 461 g/mol. The van der Waals surface area contributed by atoms with E-state index in [1.54, 1.807) is 6.07 Å². The van der Waals surface area contributed by atoms with Crippen molar-refractivity contribution in [2.75, 3.05) is 32.7 Å². The van der Waals surface area contributed by atoms with Gasteiger partial charge in [0.1, 0.15) is 0 Å². The lowest BCUT2D eigenvalue weighted by Gasteiger charge is -2.33. The smallest absolute Gasteiger partial charge is 0.408 e. The van der Waals surface area contributed by atoms with Gasteiger partial charge in [0.15, 0.2) is 11.4 Å². The Bertz CT molecular complexity index is 1270. The fourth-order valence-electron chi connectivity index (χ4n) is 4.31. The largest absolute Gasteiger partial charge is 0.420 e. The van der Waals surface area contributed by atoms with Gasteiger partial charge in [0.05, 0.1) is 17.0 Å². The van der Waals surface area contributed by atoms with Crippen molar-refractivity contribution in [1.82, 2.24) is 23.9 Å². The Hall–Kier alpha value is -2.50. The van der Waals surface area contributed by atoms with Crippen LogP contribution in [0.1, 0.15) is 50.2 Å². The first kappa shape index (κ1) is 21.4. The van der Waals surface area contributed by atoms with E-state index in [2.05, 4.69) is 22.0 Å². The van der Waals surface area contributed by atoms with Gasteiger partial charge < -0.3 is 13.8 Å². The third-order valence-electron chi connectivity index (χ3n) is 6.39. The number of oxazole rings is 1. The molecule has 2 fully saturated rings. The molecule has 172 valence electrons. The van der Waals surface area contributed by atoms with E-state index < -0.39 is 15.8 Å². The molecule has 0 radical (unpaired) electrons. The molecule has 2 aliphatic rings. The van der Waals surface area contributed by atoms with Gasteiger partial charge in [-0.25, -0.2) is 13.2 Å². The van der Waals surface area contributed by atoms with Crippen molar-refractivity contribution in [2.24, 2.45) is 0 Å². The zero-order chi connectivity index (χ0) is 22.3. The van der Waals surface area contributed by atoms with Crippen LogP contribution in [0.3, 0.4) is 0 Å². The molecule has 3 aromatic rings. The van der Waals surface area contributed by atoms with Crippen LogP contribution < -0.4 is 5.76 Å². The van der Waals surface area contributed by atoms with E-state index in [1.807, 2.05) is 0 Å². The molecule has 1 saturated carbocycles. The maximum Gasteiger partial charge on any atom is 0.420 e. The predicted octanol–water partition coefficient (Wildman–Crippen LogP) is 2.01. The van der Waals surface area contributed by atoms with Crippen LogP contribution in [0.15, 0.2) is 36.8 Å². The van der Waals surface area contributed by atoms with E-state index in [9.17, 15) is 13.2 Å². The standard InChI is InChI=1S/C21H27N5O5S/c1-2-8-24-9-11-25(12-10-24)32(28,29)16-6-7-17-18(13-16)30-21(27)26(17)14-19-22-20(31-23-19)15-4-3-5-15/h6-7,13,15H,2-5,8-12,14H2,1H3. The van der Waals surface area contributed by atoms with Crippen molar-refractivity contribution in [3.05, 3.63) is 40.5 Å². The highest BCUT2D eigenvalue weighted by Crippen LogP contribution is 2.35. The summed E-state index contributed by atoms with van der Waals surface area (Å²) in [7, 11) is -3.66. The first-order valence-corrected chi connectivity index (χ1v) is 12.6. The van der Waals surface area contributed by atoms with Crippen LogP contribution in [0, 0.1) is 0 Å². The van der Waals surface area contributed by atoms with E-state index in [0.717, 1.165) is 32.2 Å². The van der Waals surface area contributed by atoms with E-state index in [0.29, 0.717) is 49.3 Å². The van der Waals surface area contributed by atoms with E-state index in [4.69, 9.17) is 8.94 Å². The number of rotatable bonds is 7. The summed E-state index contributed by atoms with van der Waals surface area (Å²) in [4.78, 5) is 19.3. The van der Waals surface area contributed by atoms with Crippen LogP contribution in [-0.4, -0.2) is 65.1 Å². The number of nitrogens with zero attached hydrogens (tertiary/aromatic N) is 5. The number of hydrogen-bond donors (Lipinski definition) is 0. The molecule has 2 aromatic heterocycles. The van der Waals surface area contributed by atoms with Crippen molar-refractivity contribution >= 4 is 21.1 Å². The number of aromatic nitrogens is 3. The fourth-order valence-corrected chi connectivity index (χ4v) is 5.75. The number of sulfonamides is 1. The van der Waals surface area contributed by atoms with Gasteiger partial charge in [0.25, 0.3) is 0 Å². The van der Waals surface area contributed by atoms with Crippen molar-refractivity contribution in [2.45, 2.75) is 50.0 Å². The van der Waals surface area contributed by atoms with Gasteiger partial charge in [0.2, 0.25) is 15.9 Å². The molecule has 1 saturated heterocycles. The zero-order valence-corrected chi connectivity index (χ0v) is 18.9. The summed E-state index contributed by atoms with van der Waals surface area (Å²) < 4.78 is 39.8. The van der Waals surface area contributed by atoms with Gasteiger partial charge in [-0.2, -0.15) is 9.29 Å². The minimum absolute atomic E-state index is 0.105. The van der Waals surface area contributed by atoms with E-state index in [-0.39, 0.29) is 17.0 Å². The molecule has 32 heavy (non-hydrogen) atoms. The number of benzene rings is 1. The van der Waals surface area contributed by atoms with Crippen LogP contribution in [-0.2, 0) is 16.6 Å². The Morgan fingerprint density at radius 1 is 1.16 bits per heavy atom. The summed E-state index contributed by atoms with van der Waals surface area (Å²) in [5, 5.41) is 3.99. The lowest BCUT2D eigenvalue weighted by Crippen LogP contribution is -2.48. The molecule has 1 aliphatic heterocycles. The maximum absolute atomic E-state index is 13.1. The first-order valence-electron chi connectivity index (χ1n) is 11.1. The van der Waals surface area contributed by atoms with Gasteiger partial charge in [-0.3, -0.25) is 4.57 Å². The van der Waals surface area contributed by atoms with Gasteiger partial charge >= 0.3 is 5.76 Å². The highest BCUT2D eigenvalue weighted by molar-refractivity contribution is 7.89. The lowest BCUT2D eigenvalue weighted by molar-refractivity contribution is 0.188. The summed E-state index contributed by atoms with van der Waals surface area (Å²) in [6, 6.07) is 4.56. The lowest BCUT2D eigenvalue weighted by atomic mass is 9.85. The topological polar surface area (TPSA) is 115 Å². The maximum atomic E-state index is 13.1. The third kappa shape index (κ3) is 3.89. The second-order valence-corrected chi connectivity index (χ2v) is 10.4. The van der Waals surface area contributed by atoms with E-state index in [1.165, 1.54) is 21.0 Å². The van der Waals surface area contributed by atoms with Crippen molar-refractivity contribution < 1.29 is 17.4 Å². The molecule has 3 heterocycles. The summed E-state index contributed by atoms with van der Waals surface area (Å²) in [6.07, 6.45) is 4.29. The molecule has 0 bridgehead atoms. The van der Waals surface area contributed by atoms with Gasteiger partial charge in [0, 0.05) is 38.2 Å². The molecule has 0 atom stereocenters. The zero-order valence-electron chi connectivity index (χ0n) is 18.1. The Morgan fingerprint density at radius 3 is 2.62 bits per heavy atom. The van der Waals surface area contributed by atoms with E-state index >= 15 is 0 Å². The quantitative estimate of drug-likeness (QED) is 0.525. The molecule has 0 N–H and O–H groups in total. The number of fused-ring (bicyclic) bond motifs is 1. The van der Waals surface area contributed by atoms with Crippen LogP contribution in [0.5, 0.6) is 0 Å². The molecule has 1 aliphatic carbocycles. The highest BCUT2D eigenvalue weighted by atomic mass is 32.2. The molecular weight excluding hydrogens is 434 g/mol. The van der Waals surface area contributed by atoms with Gasteiger partial charge in [-0.05, 0) is 37.9 Å². The summed E-state index contributed by atoms with van der Waals surface area (Å²) in [5.74, 6) is 0.737. The van der Waals surface area contributed by atoms with Crippen molar-refractivity contribution in [1.29, 1.82) is 0 Å². The number of piperazine rings is 1. The third-order valence-corrected chi connectivity index (χ3v) is 8.28. The average Bonchev–Trinajstić information content (AvgIpc) is 3.31. The molecule has 0 unspecified atom stereocenters. The Morgan fingerprint density at radius 2 is 1.94 bits per heavy atom. The Kier molecular flexibility index (Phi) is 5.64. The van der Waals surface area contributed by atoms with Crippen molar-refractivity contribution in [3.63, 3.8) is 0 Å². The Balaban J connectivity index is 1.37. The number of hydrogen-bond acceptors (Lipinski definition) is 8. The molecule has 1 aromatic carbocycles. The van der Waals surface area contributed by atoms with Crippen LogP contribution in [0.25, 0.3) is 11.1 Å². The summed E-state index contributed by atoms with van der Waals surface area (Å²) in [6.45, 7) is 5.53. The SMILES string of the molecule is CCCN1CCN(S(=O)(=O)c2ccc3c(c2)oc(=O)n3Cc2noc(C3CCC3)n2)CC1. The molecular formula is C21H27N5O5S. The average molecular weight is 462 g/mol. The minimum Gasteiger partial charge on any atom is -0.408 e. The first-order chi connectivity index (χ1) is 15.5. The molecule has 11 heteroatoms. The Labute approximate surface area is 185 Å². The highest BCUT2D eigenvalue weighted by Gasteiger charge is 2.29. The van der Waals surface area contributed by atoms with Crippen LogP contribution in [0.2, 0.25) is 0 Å². The molecule has 0 spiro atoms. The molecule has 5 rings (SSSR count). The minimum atomic E-state index is -3.66.